The quantitative estimate of drug-likeness (QED) is 0.563. The number of alkyl halides is 3. The number of halogens is 3. The lowest BCUT2D eigenvalue weighted by Gasteiger charge is -2.18. The van der Waals surface area contributed by atoms with Gasteiger partial charge in [0, 0.05) is 6.42 Å². The summed E-state index contributed by atoms with van der Waals surface area (Å²) in [7, 11) is 0. The van der Waals surface area contributed by atoms with E-state index in [0.717, 1.165) is 6.92 Å². The minimum absolute atomic E-state index is 0.355. The summed E-state index contributed by atoms with van der Waals surface area (Å²) < 4.78 is 39.1. The van der Waals surface area contributed by atoms with Gasteiger partial charge in [0.1, 0.15) is 6.61 Å². The van der Waals surface area contributed by atoms with E-state index >= 15 is 0 Å². The zero-order valence-corrected chi connectivity index (χ0v) is 9.58. The van der Waals surface area contributed by atoms with Crippen LogP contribution in [0.4, 0.5) is 13.2 Å². The van der Waals surface area contributed by atoms with Crippen LogP contribution >= 0.6 is 0 Å². The Kier molecular flexibility index (Phi) is 6.06. The molecule has 0 aromatic heterocycles. The highest BCUT2D eigenvalue weighted by molar-refractivity contribution is 5.80. The molecule has 6 nitrogen and oxygen atoms in total. The third-order valence-electron chi connectivity index (χ3n) is 1.83. The monoisotopic (exact) mass is 273 g/mol. The Hall–Kier alpha value is -1.35. The van der Waals surface area contributed by atoms with Crippen molar-refractivity contribution >= 4 is 11.9 Å². The van der Waals surface area contributed by atoms with Crippen LogP contribution in [0.5, 0.6) is 0 Å². The molecule has 3 N–H and O–H groups in total. The van der Waals surface area contributed by atoms with E-state index in [1.165, 1.54) is 0 Å². The number of hydrogen-bond acceptors (Lipinski definition) is 4. The number of nitrogens with one attached hydrogen (secondary N) is 1. The van der Waals surface area contributed by atoms with Gasteiger partial charge >= 0.3 is 12.1 Å². The molecule has 0 spiro atoms. The summed E-state index contributed by atoms with van der Waals surface area (Å²) in [6.07, 6.45) is -4.81. The normalized spacial score (nSPS) is 14.9. The highest BCUT2D eigenvalue weighted by Gasteiger charge is 2.30. The molecule has 0 heterocycles. The largest absolute Gasteiger partial charge is 0.479 e. The number of carboxylic acid groups (broad SMARTS) is 1. The van der Waals surface area contributed by atoms with E-state index in [2.05, 4.69) is 10.1 Å². The van der Waals surface area contributed by atoms with Gasteiger partial charge in [-0.15, -0.1) is 0 Å². The smallest absolute Gasteiger partial charge is 0.411 e. The van der Waals surface area contributed by atoms with Crippen molar-refractivity contribution in [2.24, 2.45) is 0 Å². The summed E-state index contributed by atoms with van der Waals surface area (Å²) in [4.78, 5) is 21.5. The van der Waals surface area contributed by atoms with Gasteiger partial charge < -0.3 is 20.3 Å². The SMILES string of the molecule is CC(O)(CNC(=O)CCOCC(F)(F)F)C(=O)O. The van der Waals surface area contributed by atoms with Crippen molar-refractivity contribution in [3.05, 3.63) is 0 Å². The third kappa shape index (κ3) is 7.85. The van der Waals surface area contributed by atoms with Gasteiger partial charge in [0.05, 0.1) is 13.2 Å². The predicted octanol–water partition coefficient (Wildman–Crippen LogP) is -0.0928. The first-order valence-corrected chi connectivity index (χ1v) is 4.91. The fraction of sp³-hybridized carbons (Fsp3) is 0.778. The van der Waals surface area contributed by atoms with Crippen LogP contribution in [0, 0.1) is 0 Å². The molecule has 0 saturated carbocycles. The second-order valence-electron chi connectivity index (χ2n) is 3.77. The highest BCUT2D eigenvalue weighted by atomic mass is 19.4. The van der Waals surface area contributed by atoms with Crippen molar-refractivity contribution in [3.8, 4) is 0 Å². The molecule has 0 aromatic carbocycles. The number of ether oxygens (including phenoxy) is 1. The number of amides is 1. The van der Waals surface area contributed by atoms with Gasteiger partial charge in [0.2, 0.25) is 5.91 Å². The molecule has 9 heteroatoms. The summed E-state index contributed by atoms with van der Waals surface area (Å²) in [5.74, 6) is -2.23. The Bertz CT molecular complexity index is 303. The number of hydrogen-bond donors (Lipinski definition) is 3. The Morgan fingerprint density at radius 1 is 1.33 bits per heavy atom. The lowest BCUT2D eigenvalue weighted by Crippen LogP contribution is -2.46. The van der Waals surface area contributed by atoms with Crippen molar-refractivity contribution in [2.45, 2.75) is 25.1 Å². The molecule has 0 fully saturated rings. The van der Waals surface area contributed by atoms with Crippen molar-refractivity contribution in [2.75, 3.05) is 19.8 Å². The van der Waals surface area contributed by atoms with Crippen LogP contribution in [0.15, 0.2) is 0 Å². The molecule has 0 saturated heterocycles. The summed E-state index contributed by atoms with van der Waals surface area (Å²) in [6, 6.07) is 0. The van der Waals surface area contributed by atoms with Gasteiger partial charge in [0.25, 0.3) is 0 Å². The maximum Gasteiger partial charge on any atom is 0.411 e. The highest BCUT2D eigenvalue weighted by Crippen LogP contribution is 2.14. The van der Waals surface area contributed by atoms with Gasteiger partial charge in [-0.2, -0.15) is 13.2 Å². The maximum absolute atomic E-state index is 11.6. The second kappa shape index (κ2) is 6.55. The molecule has 0 aromatic rings. The van der Waals surface area contributed by atoms with E-state index in [1.807, 2.05) is 0 Å². The average molecular weight is 273 g/mol. The molecule has 1 amide bonds. The minimum atomic E-state index is -4.45. The van der Waals surface area contributed by atoms with Crippen molar-refractivity contribution < 1.29 is 37.7 Å². The lowest BCUT2D eigenvalue weighted by atomic mass is 10.1. The van der Waals surface area contributed by atoms with Crippen LogP contribution < -0.4 is 5.32 Å². The number of rotatable bonds is 7. The number of carboxylic acids is 1. The standard InChI is InChI=1S/C9H14F3NO5/c1-8(17,7(15)16)4-13-6(14)2-3-18-5-9(10,11)12/h17H,2-5H2,1H3,(H,13,14)(H,15,16). The van der Waals surface area contributed by atoms with Gasteiger partial charge in [-0.25, -0.2) is 4.79 Å². The topological polar surface area (TPSA) is 95.9 Å². The number of aliphatic carboxylic acids is 1. The lowest BCUT2D eigenvalue weighted by molar-refractivity contribution is -0.174. The van der Waals surface area contributed by atoms with Gasteiger partial charge in [-0.3, -0.25) is 4.79 Å². The van der Waals surface area contributed by atoms with Gasteiger partial charge in [-0.1, -0.05) is 0 Å². The van der Waals surface area contributed by atoms with Crippen LogP contribution in [0.3, 0.4) is 0 Å². The molecule has 0 aliphatic heterocycles. The van der Waals surface area contributed by atoms with E-state index in [0.29, 0.717) is 0 Å². The van der Waals surface area contributed by atoms with E-state index in [-0.39, 0.29) is 6.42 Å². The zero-order valence-electron chi connectivity index (χ0n) is 9.58. The molecule has 18 heavy (non-hydrogen) atoms. The van der Waals surface area contributed by atoms with Crippen LogP contribution in [0.1, 0.15) is 13.3 Å². The maximum atomic E-state index is 11.6. The first kappa shape index (κ1) is 16.6. The number of aliphatic hydroxyl groups is 1. The Morgan fingerprint density at radius 2 is 1.89 bits per heavy atom. The Labute approximate surface area is 101 Å². The molecule has 0 radical (unpaired) electrons. The Morgan fingerprint density at radius 3 is 2.33 bits per heavy atom. The summed E-state index contributed by atoms with van der Waals surface area (Å²) >= 11 is 0. The van der Waals surface area contributed by atoms with Crippen LogP contribution in [-0.4, -0.2) is 53.6 Å². The summed E-state index contributed by atoms with van der Waals surface area (Å²) in [6.45, 7) is -1.45. The molecule has 106 valence electrons. The summed E-state index contributed by atoms with van der Waals surface area (Å²) in [5.41, 5.74) is -2.12. The molecule has 0 rings (SSSR count). The molecular weight excluding hydrogens is 259 g/mol. The summed E-state index contributed by atoms with van der Waals surface area (Å²) in [5, 5.41) is 19.8. The number of carbonyl (C=O) groups excluding carboxylic acids is 1. The average Bonchev–Trinajstić information content (AvgIpc) is 2.20. The molecule has 0 aliphatic carbocycles. The molecule has 0 bridgehead atoms. The van der Waals surface area contributed by atoms with Crippen LogP contribution in [0.2, 0.25) is 0 Å². The van der Waals surface area contributed by atoms with E-state index in [9.17, 15) is 27.9 Å². The van der Waals surface area contributed by atoms with Crippen LogP contribution in [-0.2, 0) is 14.3 Å². The van der Waals surface area contributed by atoms with Gasteiger partial charge in [-0.05, 0) is 6.92 Å². The molecule has 1 unspecified atom stereocenters. The molecule has 1 atom stereocenters. The third-order valence-corrected chi connectivity index (χ3v) is 1.83. The van der Waals surface area contributed by atoms with E-state index in [4.69, 9.17) is 5.11 Å². The second-order valence-corrected chi connectivity index (χ2v) is 3.77. The molecular formula is C9H14F3NO5. The fourth-order valence-electron chi connectivity index (χ4n) is 0.787. The van der Waals surface area contributed by atoms with Crippen molar-refractivity contribution in [1.29, 1.82) is 0 Å². The van der Waals surface area contributed by atoms with E-state index in [1.54, 1.807) is 0 Å². The predicted molar refractivity (Wildman–Crippen MR) is 52.8 cm³/mol. The Balaban J connectivity index is 3.77. The molecule has 0 aliphatic rings. The van der Waals surface area contributed by atoms with E-state index < -0.39 is 43.4 Å². The number of carbonyl (C=O) groups is 2. The van der Waals surface area contributed by atoms with Crippen LogP contribution in [0.25, 0.3) is 0 Å². The van der Waals surface area contributed by atoms with Crippen molar-refractivity contribution in [3.63, 3.8) is 0 Å². The first-order valence-electron chi connectivity index (χ1n) is 4.91. The zero-order chi connectivity index (χ0) is 14.4. The van der Waals surface area contributed by atoms with Crippen molar-refractivity contribution in [1.82, 2.24) is 5.32 Å². The fourth-order valence-corrected chi connectivity index (χ4v) is 0.787. The van der Waals surface area contributed by atoms with Gasteiger partial charge in [0.15, 0.2) is 5.60 Å². The first-order chi connectivity index (χ1) is 8.04. The minimum Gasteiger partial charge on any atom is -0.479 e.